The number of hydrogen-bond donors (Lipinski definition) is 1. The van der Waals surface area contributed by atoms with Crippen LogP contribution in [0, 0.1) is 0 Å². The van der Waals surface area contributed by atoms with E-state index in [1.165, 1.54) is 7.11 Å². The third-order valence-electron chi connectivity index (χ3n) is 1.69. The van der Waals surface area contributed by atoms with Crippen LogP contribution in [0.4, 0.5) is 8.78 Å². The molecule has 0 bridgehead atoms. The molecule has 0 aliphatic rings. The van der Waals surface area contributed by atoms with Crippen LogP contribution in [-0.2, 0) is 10.7 Å². The summed E-state index contributed by atoms with van der Waals surface area (Å²) in [6.45, 7) is 0. The van der Waals surface area contributed by atoms with Crippen LogP contribution in [0.5, 0.6) is 11.5 Å². The van der Waals surface area contributed by atoms with Crippen molar-refractivity contribution < 1.29 is 23.4 Å². The Labute approximate surface area is 78.9 Å². The van der Waals surface area contributed by atoms with Crippen LogP contribution in [0.2, 0.25) is 0 Å². The van der Waals surface area contributed by atoms with E-state index >= 15 is 0 Å². The summed E-state index contributed by atoms with van der Waals surface area (Å²) in [6, 6.07) is 3.03. The monoisotopic (exact) mass is 202 g/mol. The number of ether oxygens (including phenoxy) is 1. The normalized spacial score (nSPS) is 11.1. The number of carbonyl (C=O) groups excluding carboxylic acids is 1. The van der Waals surface area contributed by atoms with Crippen molar-refractivity contribution in [2.24, 2.45) is 0 Å². The molecule has 0 saturated carbocycles. The average Bonchev–Trinajstić information content (AvgIpc) is 2.17. The van der Waals surface area contributed by atoms with Crippen molar-refractivity contribution in [3.63, 3.8) is 0 Å². The minimum atomic E-state index is -3.60. The zero-order valence-electron chi connectivity index (χ0n) is 7.33. The van der Waals surface area contributed by atoms with Crippen LogP contribution in [-0.4, -0.2) is 18.5 Å². The lowest BCUT2D eigenvalue weighted by Crippen LogP contribution is -2.15. The van der Waals surface area contributed by atoms with Gasteiger partial charge in [0.25, 0.3) is 0 Å². The summed E-state index contributed by atoms with van der Waals surface area (Å²) < 4.78 is 30.5. The highest BCUT2D eigenvalue weighted by Crippen LogP contribution is 2.35. The van der Waals surface area contributed by atoms with E-state index in [0.717, 1.165) is 18.2 Å². The lowest BCUT2D eigenvalue weighted by atomic mass is 10.1. The molecule has 0 heterocycles. The smallest absolute Gasteiger partial charge is 0.331 e. The fraction of sp³-hybridized carbons (Fsp3) is 0.222. The van der Waals surface area contributed by atoms with Crippen LogP contribution in [0.1, 0.15) is 5.56 Å². The van der Waals surface area contributed by atoms with Crippen molar-refractivity contribution in [2.75, 3.05) is 7.11 Å². The van der Waals surface area contributed by atoms with E-state index in [2.05, 4.69) is 4.74 Å². The van der Waals surface area contributed by atoms with Gasteiger partial charge in [-0.2, -0.15) is 8.78 Å². The van der Waals surface area contributed by atoms with Gasteiger partial charge in [0.1, 0.15) is 11.5 Å². The molecule has 1 aromatic carbocycles. The lowest BCUT2D eigenvalue weighted by molar-refractivity contribution is -0.130. The van der Waals surface area contributed by atoms with Gasteiger partial charge in [-0.25, -0.2) is 0 Å². The summed E-state index contributed by atoms with van der Waals surface area (Å²) in [5.41, 5.74) is -0.562. The molecule has 0 atom stereocenters. The number of halogens is 2. The molecule has 0 unspecified atom stereocenters. The molecular formula is C9H8F2O3. The molecule has 0 saturated heterocycles. The molecule has 0 aliphatic heterocycles. The topological polar surface area (TPSA) is 46.5 Å². The standard InChI is InChI=1S/C9H8F2O3/c1-14-8-4-6(13)2-3-7(8)9(10,11)5-12/h2-5,13H,1H3. The summed E-state index contributed by atoms with van der Waals surface area (Å²) in [5, 5.41) is 8.99. The molecular weight excluding hydrogens is 194 g/mol. The number of carbonyl (C=O) groups is 1. The fourth-order valence-electron chi connectivity index (χ4n) is 1.02. The summed E-state index contributed by atoms with van der Waals surface area (Å²) in [6.07, 6.45) is -0.470. The molecule has 0 aromatic heterocycles. The summed E-state index contributed by atoms with van der Waals surface area (Å²) in [7, 11) is 1.18. The number of methoxy groups -OCH3 is 1. The molecule has 1 N–H and O–H groups in total. The second kappa shape index (κ2) is 3.61. The third kappa shape index (κ3) is 1.81. The van der Waals surface area contributed by atoms with Crippen LogP contribution in [0.3, 0.4) is 0 Å². The van der Waals surface area contributed by atoms with Crippen LogP contribution < -0.4 is 4.74 Å². The summed E-state index contributed by atoms with van der Waals surface area (Å²) in [4.78, 5) is 10.1. The van der Waals surface area contributed by atoms with Gasteiger partial charge in [-0.15, -0.1) is 0 Å². The van der Waals surface area contributed by atoms with Gasteiger partial charge in [-0.3, -0.25) is 4.79 Å². The van der Waals surface area contributed by atoms with Crippen molar-refractivity contribution in [3.8, 4) is 11.5 Å². The van der Waals surface area contributed by atoms with Gasteiger partial charge in [0.2, 0.25) is 0 Å². The first-order valence-electron chi connectivity index (χ1n) is 3.73. The fourth-order valence-corrected chi connectivity index (χ4v) is 1.02. The Hall–Kier alpha value is -1.65. The van der Waals surface area contributed by atoms with Crippen molar-refractivity contribution in [1.29, 1.82) is 0 Å². The Morgan fingerprint density at radius 1 is 1.50 bits per heavy atom. The van der Waals surface area contributed by atoms with E-state index in [0.29, 0.717) is 0 Å². The van der Waals surface area contributed by atoms with E-state index < -0.39 is 17.8 Å². The molecule has 1 rings (SSSR count). The van der Waals surface area contributed by atoms with Gasteiger partial charge < -0.3 is 9.84 Å². The van der Waals surface area contributed by atoms with E-state index in [1.54, 1.807) is 0 Å². The largest absolute Gasteiger partial charge is 0.508 e. The molecule has 1 aromatic rings. The molecule has 5 heteroatoms. The number of rotatable bonds is 3. The zero-order valence-corrected chi connectivity index (χ0v) is 7.33. The Kier molecular flexibility index (Phi) is 2.69. The van der Waals surface area contributed by atoms with E-state index in [4.69, 9.17) is 5.11 Å². The molecule has 14 heavy (non-hydrogen) atoms. The molecule has 0 fully saturated rings. The minimum Gasteiger partial charge on any atom is -0.508 e. The second-order valence-electron chi connectivity index (χ2n) is 2.63. The van der Waals surface area contributed by atoms with Gasteiger partial charge in [0.15, 0.2) is 6.29 Å². The number of aromatic hydroxyl groups is 1. The summed E-state index contributed by atoms with van der Waals surface area (Å²) in [5.74, 6) is -4.02. The SMILES string of the molecule is COc1cc(O)ccc1C(F)(F)C=O. The molecule has 3 nitrogen and oxygen atoms in total. The van der Waals surface area contributed by atoms with Crippen LogP contribution in [0.25, 0.3) is 0 Å². The first-order chi connectivity index (χ1) is 6.51. The molecule has 0 radical (unpaired) electrons. The number of benzene rings is 1. The molecule has 0 amide bonds. The van der Waals surface area contributed by atoms with Gasteiger partial charge >= 0.3 is 5.92 Å². The molecule has 76 valence electrons. The van der Waals surface area contributed by atoms with Crippen LogP contribution in [0.15, 0.2) is 18.2 Å². The lowest BCUT2D eigenvalue weighted by Gasteiger charge is -2.13. The maximum Gasteiger partial charge on any atom is 0.331 e. The van der Waals surface area contributed by atoms with Gasteiger partial charge in [0, 0.05) is 6.07 Å². The Morgan fingerprint density at radius 2 is 2.14 bits per heavy atom. The highest BCUT2D eigenvalue weighted by atomic mass is 19.3. The van der Waals surface area contributed by atoms with Gasteiger partial charge in [0.05, 0.1) is 12.7 Å². The summed E-state index contributed by atoms with van der Waals surface area (Å²) >= 11 is 0. The Bertz CT molecular complexity index is 350. The highest BCUT2D eigenvalue weighted by Gasteiger charge is 2.34. The first-order valence-corrected chi connectivity index (χ1v) is 3.73. The van der Waals surface area contributed by atoms with Crippen molar-refractivity contribution >= 4 is 6.29 Å². The second-order valence-corrected chi connectivity index (χ2v) is 2.63. The Balaban J connectivity index is 3.27. The van der Waals surface area contributed by atoms with Crippen molar-refractivity contribution in [3.05, 3.63) is 23.8 Å². The van der Waals surface area contributed by atoms with E-state index in [-0.39, 0.29) is 11.5 Å². The minimum absolute atomic E-state index is 0.202. The quantitative estimate of drug-likeness (QED) is 0.758. The Morgan fingerprint density at radius 3 is 2.64 bits per heavy atom. The van der Waals surface area contributed by atoms with Gasteiger partial charge in [-0.1, -0.05) is 0 Å². The third-order valence-corrected chi connectivity index (χ3v) is 1.69. The van der Waals surface area contributed by atoms with Crippen molar-refractivity contribution in [1.82, 2.24) is 0 Å². The van der Waals surface area contributed by atoms with E-state index in [9.17, 15) is 13.6 Å². The average molecular weight is 202 g/mol. The highest BCUT2D eigenvalue weighted by molar-refractivity contribution is 5.66. The number of phenolic OH excluding ortho intramolecular Hbond substituents is 1. The number of phenols is 1. The number of hydrogen-bond acceptors (Lipinski definition) is 3. The van der Waals surface area contributed by atoms with E-state index in [1.807, 2.05) is 0 Å². The zero-order chi connectivity index (χ0) is 10.8. The maximum atomic E-state index is 12.9. The molecule has 0 aliphatic carbocycles. The molecule has 0 spiro atoms. The number of aldehydes is 1. The van der Waals surface area contributed by atoms with Gasteiger partial charge in [-0.05, 0) is 12.1 Å². The predicted molar refractivity (Wildman–Crippen MR) is 44.6 cm³/mol. The van der Waals surface area contributed by atoms with Crippen LogP contribution >= 0.6 is 0 Å². The maximum absolute atomic E-state index is 12.9. The first kappa shape index (κ1) is 10.4. The number of alkyl halides is 2. The predicted octanol–water partition coefficient (Wildman–Crippen LogP) is 1.69. The van der Waals surface area contributed by atoms with Crippen molar-refractivity contribution in [2.45, 2.75) is 5.92 Å².